The molecule has 1 aromatic heterocycles. The molecule has 1 aromatic carbocycles. The van der Waals surface area contributed by atoms with Gasteiger partial charge in [-0.05, 0) is 25.5 Å². The second kappa shape index (κ2) is 5.45. The highest BCUT2D eigenvalue weighted by atomic mass is 32.2. The number of aromatic nitrogens is 2. The summed E-state index contributed by atoms with van der Waals surface area (Å²) in [5, 5.41) is -0.0436. The molecule has 2 rings (SSSR count). The number of hydrogen-bond acceptors (Lipinski definition) is 4. The zero-order valence-electron chi connectivity index (χ0n) is 11.9. The molecule has 0 bridgehead atoms. The number of hydrogen-bond donors (Lipinski definition) is 2. The Balaban J connectivity index is 2.47. The van der Waals surface area contributed by atoms with Gasteiger partial charge in [-0.15, -0.1) is 0 Å². The Morgan fingerprint density at radius 2 is 2.05 bits per heavy atom. The minimum absolute atomic E-state index is 0.0436. The number of anilines is 1. The number of rotatable bonds is 4. The second-order valence-corrected chi connectivity index (χ2v) is 6.77. The summed E-state index contributed by atoms with van der Waals surface area (Å²) < 4.78 is 28.9. The zero-order chi connectivity index (χ0) is 15.8. The van der Waals surface area contributed by atoms with Crippen molar-refractivity contribution in [3.8, 4) is 0 Å². The van der Waals surface area contributed by atoms with Gasteiger partial charge < -0.3 is 10.3 Å². The minimum Gasteiger partial charge on any atom is -0.389 e. The van der Waals surface area contributed by atoms with E-state index in [-0.39, 0.29) is 10.0 Å². The van der Waals surface area contributed by atoms with Gasteiger partial charge in [-0.1, -0.05) is 24.4 Å². The predicted molar refractivity (Wildman–Crippen MR) is 85.8 cm³/mol. The molecule has 0 saturated heterocycles. The standard InChI is InChI=1S/C13H16N4O2S2/c1-8-5-4-6-10(12(8)13(14)20)16-21(18,19)11-7-17(3)9(2)15-11/h4-7,16H,1-3H3,(H2,14,20). The molecule has 0 saturated carbocycles. The van der Waals surface area contributed by atoms with Crippen molar-refractivity contribution in [1.29, 1.82) is 0 Å². The summed E-state index contributed by atoms with van der Waals surface area (Å²) in [6, 6.07) is 5.17. The minimum atomic E-state index is -3.78. The molecule has 3 N–H and O–H groups in total. The number of benzene rings is 1. The molecule has 6 nitrogen and oxygen atoms in total. The number of nitrogens with two attached hydrogens (primary N) is 1. The molecule has 0 radical (unpaired) electrons. The molecule has 112 valence electrons. The van der Waals surface area contributed by atoms with Crippen molar-refractivity contribution in [2.45, 2.75) is 18.9 Å². The Labute approximate surface area is 129 Å². The number of nitrogens with one attached hydrogen (secondary N) is 1. The summed E-state index contributed by atoms with van der Waals surface area (Å²) >= 11 is 4.99. The topological polar surface area (TPSA) is 90.0 Å². The average Bonchev–Trinajstić information content (AvgIpc) is 2.69. The molecule has 21 heavy (non-hydrogen) atoms. The third-order valence-electron chi connectivity index (χ3n) is 3.13. The lowest BCUT2D eigenvalue weighted by molar-refractivity contribution is 0.598. The van der Waals surface area contributed by atoms with Crippen molar-refractivity contribution in [2.24, 2.45) is 12.8 Å². The van der Waals surface area contributed by atoms with Gasteiger partial charge in [0.15, 0.2) is 5.03 Å². The van der Waals surface area contributed by atoms with Gasteiger partial charge in [0.1, 0.15) is 10.8 Å². The first-order valence-corrected chi connectivity index (χ1v) is 8.03. The number of sulfonamides is 1. The predicted octanol–water partition coefficient (Wildman–Crippen LogP) is 1.47. The van der Waals surface area contributed by atoms with Crippen LogP contribution in [0.4, 0.5) is 5.69 Å². The third kappa shape index (κ3) is 3.06. The van der Waals surface area contributed by atoms with Gasteiger partial charge in [0.2, 0.25) is 0 Å². The molecule has 1 heterocycles. The van der Waals surface area contributed by atoms with Gasteiger partial charge in [-0.3, -0.25) is 4.72 Å². The smallest absolute Gasteiger partial charge is 0.280 e. The van der Waals surface area contributed by atoms with E-state index in [0.717, 1.165) is 5.56 Å². The maximum atomic E-state index is 12.4. The van der Waals surface area contributed by atoms with E-state index in [9.17, 15) is 8.42 Å². The Hall–Kier alpha value is -1.93. The Morgan fingerprint density at radius 1 is 1.38 bits per heavy atom. The SMILES string of the molecule is Cc1cccc(NS(=O)(=O)c2cn(C)c(C)n2)c1C(N)=S. The van der Waals surface area contributed by atoms with Crippen molar-refractivity contribution in [3.05, 3.63) is 41.3 Å². The lowest BCUT2D eigenvalue weighted by Gasteiger charge is -2.12. The van der Waals surface area contributed by atoms with Crippen molar-refractivity contribution in [3.63, 3.8) is 0 Å². The van der Waals surface area contributed by atoms with Crippen molar-refractivity contribution in [2.75, 3.05) is 4.72 Å². The van der Waals surface area contributed by atoms with Gasteiger partial charge >= 0.3 is 0 Å². The molecular formula is C13H16N4O2S2. The summed E-state index contributed by atoms with van der Waals surface area (Å²) in [4.78, 5) is 4.17. The lowest BCUT2D eigenvalue weighted by atomic mass is 10.1. The maximum absolute atomic E-state index is 12.4. The highest BCUT2D eigenvalue weighted by molar-refractivity contribution is 7.92. The van der Waals surface area contributed by atoms with Crippen LogP contribution in [0.1, 0.15) is 17.0 Å². The van der Waals surface area contributed by atoms with Crippen molar-refractivity contribution >= 4 is 32.9 Å². The average molecular weight is 324 g/mol. The van der Waals surface area contributed by atoms with Crippen LogP contribution in [0, 0.1) is 13.8 Å². The first-order chi connectivity index (χ1) is 9.72. The summed E-state index contributed by atoms with van der Waals surface area (Å²) in [5.74, 6) is 0.606. The van der Waals surface area contributed by atoms with Crippen LogP contribution in [-0.2, 0) is 17.1 Å². The van der Waals surface area contributed by atoms with Crippen LogP contribution < -0.4 is 10.5 Å². The molecule has 0 fully saturated rings. The van der Waals surface area contributed by atoms with Gasteiger partial charge in [0, 0.05) is 18.8 Å². The molecule has 2 aromatic rings. The van der Waals surface area contributed by atoms with Crippen molar-refractivity contribution < 1.29 is 8.42 Å². The van der Waals surface area contributed by atoms with Gasteiger partial charge in [0.05, 0.1) is 5.69 Å². The highest BCUT2D eigenvalue weighted by Crippen LogP contribution is 2.22. The highest BCUT2D eigenvalue weighted by Gasteiger charge is 2.21. The fraction of sp³-hybridized carbons (Fsp3) is 0.231. The number of thiocarbonyl (C=S) groups is 1. The Bertz CT molecular complexity index is 790. The van der Waals surface area contributed by atoms with Crippen LogP contribution >= 0.6 is 12.2 Å². The van der Waals surface area contributed by atoms with E-state index in [0.29, 0.717) is 17.1 Å². The number of imidazole rings is 1. The van der Waals surface area contributed by atoms with E-state index < -0.39 is 10.0 Å². The van der Waals surface area contributed by atoms with Gasteiger partial charge in [-0.2, -0.15) is 8.42 Å². The number of aryl methyl sites for hydroxylation is 3. The molecule has 0 unspecified atom stereocenters. The first-order valence-electron chi connectivity index (χ1n) is 6.14. The zero-order valence-corrected chi connectivity index (χ0v) is 13.5. The van der Waals surface area contributed by atoms with E-state index >= 15 is 0 Å². The summed E-state index contributed by atoms with van der Waals surface area (Å²) in [6.07, 6.45) is 1.45. The summed E-state index contributed by atoms with van der Waals surface area (Å²) in [7, 11) is -2.05. The van der Waals surface area contributed by atoms with Crippen LogP contribution in [0.2, 0.25) is 0 Å². The Morgan fingerprint density at radius 3 is 2.57 bits per heavy atom. The van der Waals surface area contributed by atoms with Crippen molar-refractivity contribution in [1.82, 2.24) is 9.55 Å². The quantitative estimate of drug-likeness (QED) is 0.831. The van der Waals surface area contributed by atoms with E-state index in [4.69, 9.17) is 18.0 Å². The van der Waals surface area contributed by atoms with E-state index in [1.54, 1.807) is 30.7 Å². The fourth-order valence-electron chi connectivity index (χ4n) is 1.93. The van der Waals surface area contributed by atoms with Crippen LogP contribution in [-0.4, -0.2) is 23.0 Å². The molecule has 0 aliphatic carbocycles. The monoisotopic (exact) mass is 324 g/mol. The molecule has 0 aliphatic heterocycles. The largest absolute Gasteiger partial charge is 0.389 e. The molecule has 0 spiro atoms. The molecular weight excluding hydrogens is 308 g/mol. The van der Waals surface area contributed by atoms with Crippen LogP contribution in [0.3, 0.4) is 0 Å². The van der Waals surface area contributed by atoms with E-state index in [2.05, 4.69) is 9.71 Å². The van der Waals surface area contributed by atoms with Gasteiger partial charge in [-0.25, -0.2) is 4.98 Å². The molecule has 0 aliphatic rings. The maximum Gasteiger partial charge on any atom is 0.280 e. The van der Waals surface area contributed by atoms with Crippen LogP contribution in [0.5, 0.6) is 0 Å². The van der Waals surface area contributed by atoms with Crippen LogP contribution in [0.25, 0.3) is 0 Å². The Kier molecular flexibility index (Phi) is 4.02. The van der Waals surface area contributed by atoms with Crippen LogP contribution in [0.15, 0.2) is 29.4 Å². The lowest BCUT2D eigenvalue weighted by Crippen LogP contribution is -2.19. The summed E-state index contributed by atoms with van der Waals surface area (Å²) in [5.41, 5.74) is 7.35. The molecule has 0 amide bonds. The molecule has 0 atom stereocenters. The first kappa shape index (κ1) is 15.5. The number of nitrogens with zero attached hydrogens (tertiary/aromatic N) is 2. The van der Waals surface area contributed by atoms with E-state index in [1.165, 1.54) is 6.20 Å². The third-order valence-corrected chi connectivity index (χ3v) is 4.57. The van der Waals surface area contributed by atoms with E-state index in [1.807, 2.05) is 13.0 Å². The van der Waals surface area contributed by atoms with Gasteiger partial charge in [0.25, 0.3) is 10.0 Å². The normalized spacial score (nSPS) is 11.4. The fourth-order valence-corrected chi connectivity index (χ4v) is 3.32. The second-order valence-electron chi connectivity index (χ2n) is 4.70. The summed E-state index contributed by atoms with van der Waals surface area (Å²) in [6.45, 7) is 3.54. The molecule has 8 heteroatoms.